The van der Waals surface area contributed by atoms with Crippen molar-refractivity contribution >= 4 is 22.9 Å². The van der Waals surface area contributed by atoms with E-state index in [9.17, 15) is 10.0 Å². The highest BCUT2D eigenvalue weighted by Crippen LogP contribution is 2.39. The Balaban J connectivity index is 0.00000338. The van der Waals surface area contributed by atoms with E-state index in [1.807, 2.05) is 67.6 Å². The highest BCUT2D eigenvalue weighted by Gasteiger charge is 2.45. The number of likely N-dealkylation sites (N-methyl/N-ethyl adjacent to an activating group) is 1. The fourth-order valence-electron chi connectivity index (χ4n) is 3.23. The van der Waals surface area contributed by atoms with E-state index in [-0.39, 0.29) is 28.9 Å². The van der Waals surface area contributed by atoms with E-state index in [1.165, 1.54) is 0 Å². The molecule has 26 heavy (non-hydrogen) atoms. The maximum atomic E-state index is 13.4. The predicted molar refractivity (Wildman–Crippen MR) is 112 cm³/mol. The summed E-state index contributed by atoms with van der Waals surface area (Å²) in [6.45, 7) is 1.91. The molecule has 5 heteroatoms. The fourth-order valence-corrected chi connectivity index (χ4v) is 3.23. The zero-order chi connectivity index (χ0) is 18.7. The number of rotatable bonds is 6. The lowest BCUT2D eigenvalue weighted by Crippen LogP contribution is -2.51. The molecule has 0 heterocycles. The molecule has 0 saturated heterocycles. The maximum Gasteiger partial charge on any atom is 0.237 e. The van der Waals surface area contributed by atoms with Gasteiger partial charge in [0.25, 0.3) is 0 Å². The van der Waals surface area contributed by atoms with E-state index >= 15 is 0 Å². The Morgan fingerprint density at radius 2 is 1.38 bits per heavy atom. The molecule has 1 amide bonds. The molecule has 0 aliphatic carbocycles. The second-order valence-corrected chi connectivity index (χ2v) is 7.32. The first-order chi connectivity index (χ1) is 11.7. The highest BCUT2D eigenvalue weighted by atomic mass is 79.9. The largest absolute Gasteiger partial charge is 0.633 e. The quantitative estimate of drug-likeness (QED) is 0.523. The summed E-state index contributed by atoms with van der Waals surface area (Å²) in [5, 5.41) is 12.5. The molecule has 1 atom stereocenters. The number of hydrogen-bond acceptors (Lipinski definition) is 2. The van der Waals surface area contributed by atoms with Crippen LogP contribution in [0.3, 0.4) is 0 Å². The molecule has 0 fully saturated rings. The lowest BCUT2D eigenvalue weighted by Gasteiger charge is -2.45. The van der Waals surface area contributed by atoms with Crippen molar-refractivity contribution in [1.29, 1.82) is 0 Å². The van der Waals surface area contributed by atoms with Crippen molar-refractivity contribution in [2.24, 2.45) is 0 Å². The molecule has 142 valence electrons. The lowest BCUT2D eigenvalue weighted by molar-refractivity contribution is -0.865. The van der Waals surface area contributed by atoms with Gasteiger partial charge in [-0.15, -0.1) is 17.0 Å². The van der Waals surface area contributed by atoms with Gasteiger partial charge in [-0.05, 0) is 18.1 Å². The third-order valence-electron chi connectivity index (χ3n) is 4.97. The molecule has 2 rings (SSSR count). The van der Waals surface area contributed by atoms with E-state index in [1.54, 1.807) is 33.1 Å². The van der Waals surface area contributed by atoms with Gasteiger partial charge < -0.3 is 14.8 Å². The zero-order valence-corrected chi connectivity index (χ0v) is 17.9. The van der Waals surface area contributed by atoms with Crippen LogP contribution in [0.2, 0.25) is 0 Å². The van der Waals surface area contributed by atoms with Crippen LogP contribution in [0, 0.1) is 5.21 Å². The third kappa shape index (κ3) is 4.53. The van der Waals surface area contributed by atoms with Crippen molar-refractivity contribution in [2.45, 2.75) is 24.8 Å². The first-order valence-corrected chi connectivity index (χ1v) is 8.57. The minimum absolute atomic E-state index is 0. The number of hydrogen-bond donors (Lipinski definition) is 0. The summed E-state index contributed by atoms with van der Waals surface area (Å²) < 4.78 is -0.442. The predicted octanol–water partition coefficient (Wildman–Crippen LogP) is 3.99. The molecule has 0 bridgehead atoms. The summed E-state index contributed by atoms with van der Waals surface area (Å²) in [5.74, 6) is -0.00907. The number of benzene rings is 2. The van der Waals surface area contributed by atoms with Crippen LogP contribution in [0.1, 0.15) is 24.5 Å². The van der Waals surface area contributed by atoms with E-state index in [4.69, 9.17) is 0 Å². The van der Waals surface area contributed by atoms with Crippen LogP contribution in [0.5, 0.6) is 0 Å². The number of quaternary nitrogens is 1. The van der Waals surface area contributed by atoms with Gasteiger partial charge in [-0.2, -0.15) is 0 Å². The first-order valence-electron chi connectivity index (χ1n) is 8.57. The number of halogens is 1. The van der Waals surface area contributed by atoms with Gasteiger partial charge in [0, 0.05) is 20.5 Å². The highest BCUT2D eigenvalue weighted by molar-refractivity contribution is 8.93. The Morgan fingerprint density at radius 3 is 1.69 bits per heavy atom. The average molecular weight is 421 g/mol. The molecule has 0 N–H and O–H groups in total. The van der Waals surface area contributed by atoms with Crippen molar-refractivity contribution in [1.82, 2.24) is 4.90 Å². The Bertz CT molecular complexity index is 657. The van der Waals surface area contributed by atoms with Crippen LogP contribution in [0.4, 0.5) is 0 Å². The van der Waals surface area contributed by atoms with Crippen LogP contribution in [-0.2, 0) is 10.2 Å². The number of hydroxylamine groups is 3. The Hall–Kier alpha value is -1.69. The molecule has 0 spiro atoms. The standard InChI is InChI=1S/C21H28N2O2.BrH/c1-17(23(4,5)25)16-21(20(24)22(2)3,18-12-8-6-9-13-18)19-14-10-7-11-15-19;/h6-15,17H,16H2,1-5H3;1H. The summed E-state index contributed by atoms with van der Waals surface area (Å²) in [5.41, 5.74) is 0.950. The summed E-state index contributed by atoms with van der Waals surface area (Å²) in [7, 11) is 6.80. The molecule has 2 aromatic rings. The lowest BCUT2D eigenvalue weighted by atomic mass is 9.69. The van der Waals surface area contributed by atoms with E-state index in [0.29, 0.717) is 6.42 Å². The summed E-state index contributed by atoms with van der Waals surface area (Å²) >= 11 is 0. The molecule has 2 aromatic carbocycles. The fraction of sp³-hybridized carbons (Fsp3) is 0.381. The Kier molecular flexibility index (Phi) is 7.57. The topological polar surface area (TPSA) is 43.4 Å². The van der Waals surface area contributed by atoms with Crippen LogP contribution in [0.15, 0.2) is 60.7 Å². The van der Waals surface area contributed by atoms with Gasteiger partial charge in [-0.3, -0.25) is 4.79 Å². The molecular formula is C21H29BrN2O2. The monoisotopic (exact) mass is 420 g/mol. The number of nitrogens with zero attached hydrogens (tertiary/aromatic N) is 2. The van der Waals surface area contributed by atoms with Crippen molar-refractivity contribution in [2.75, 3.05) is 28.2 Å². The molecule has 1 unspecified atom stereocenters. The molecule has 4 nitrogen and oxygen atoms in total. The minimum atomic E-state index is -0.884. The number of carbonyl (C=O) groups excluding carboxylic acids is 1. The van der Waals surface area contributed by atoms with Gasteiger partial charge in [0.1, 0.15) is 5.41 Å². The average Bonchev–Trinajstić information content (AvgIpc) is 2.59. The second-order valence-electron chi connectivity index (χ2n) is 7.32. The maximum absolute atomic E-state index is 13.4. The Labute approximate surface area is 167 Å². The van der Waals surface area contributed by atoms with Gasteiger partial charge in [0.2, 0.25) is 5.91 Å². The molecule has 0 aromatic heterocycles. The van der Waals surface area contributed by atoms with Crippen LogP contribution >= 0.6 is 17.0 Å². The first kappa shape index (κ1) is 22.4. The van der Waals surface area contributed by atoms with Crippen molar-refractivity contribution in [3.05, 3.63) is 77.0 Å². The van der Waals surface area contributed by atoms with Crippen LogP contribution in [0.25, 0.3) is 0 Å². The smallest absolute Gasteiger partial charge is 0.237 e. The van der Waals surface area contributed by atoms with Crippen molar-refractivity contribution < 1.29 is 9.44 Å². The van der Waals surface area contributed by atoms with Crippen molar-refractivity contribution in [3.8, 4) is 0 Å². The summed E-state index contributed by atoms with van der Waals surface area (Å²) in [6, 6.07) is 19.3. The summed E-state index contributed by atoms with van der Waals surface area (Å²) in [6.07, 6.45) is 0.439. The number of amides is 1. The van der Waals surface area contributed by atoms with E-state index < -0.39 is 10.1 Å². The third-order valence-corrected chi connectivity index (χ3v) is 4.97. The van der Waals surface area contributed by atoms with Gasteiger partial charge >= 0.3 is 0 Å². The van der Waals surface area contributed by atoms with E-state index in [2.05, 4.69) is 0 Å². The van der Waals surface area contributed by atoms with Crippen LogP contribution < -0.4 is 0 Å². The summed E-state index contributed by atoms with van der Waals surface area (Å²) in [4.78, 5) is 15.1. The number of carbonyl (C=O) groups is 1. The second kappa shape index (κ2) is 8.80. The normalized spacial score (nSPS) is 12.8. The minimum Gasteiger partial charge on any atom is -0.633 e. The zero-order valence-electron chi connectivity index (χ0n) is 16.2. The molecular weight excluding hydrogens is 392 g/mol. The Morgan fingerprint density at radius 1 is 1.00 bits per heavy atom. The van der Waals surface area contributed by atoms with Crippen LogP contribution in [-0.4, -0.2) is 49.7 Å². The molecule has 0 saturated carbocycles. The van der Waals surface area contributed by atoms with Crippen molar-refractivity contribution in [3.63, 3.8) is 0 Å². The molecule has 0 radical (unpaired) electrons. The van der Waals surface area contributed by atoms with Gasteiger partial charge in [-0.1, -0.05) is 60.7 Å². The van der Waals surface area contributed by atoms with Gasteiger partial charge in [0.15, 0.2) is 0 Å². The van der Waals surface area contributed by atoms with Gasteiger partial charge in [0.05, 0.1) is 20.1 Å². The van der Waals surface area contributed by atoms with Gasteiger partial charge in [-0.25, -0.2) is 0 Å². The molecule has 0 aliphatic rings. The van der Waals surface area contributed by atoms with E-state index in [0.717, 1.165) is 11.1 Å². The molecule has 0 aliphatic heterocycles. The SMILES string of the molecule is Br.CC(CC(C(=O)N(C)C)(c1ccccc1)c1ccccc1)[N+](C)(C)[O-].